The quantitative estimate of drug-likeness (QED) is 0.421. The highest BCUT2D eigenvalue weighted by Crippen LogP contribution is 2.28. The van der Waals surface area contributed by atoms with Crippen LogP contribution in [0.5, 0.6) is 5.88 Å². The summed E-state index contributed by atoms with van der Waals surface area (Å²) < 4.78 is 33.3. The smallest absolute Gasteiger partial charge is 0.252 e. The molecule has 0 aliphatic carbocycles. The molecule has 0 unspecified atom stereocenters. The first-order valence-corrected chi connectivity index (χ1v) is 9.75. The summed E-state index contributed by atoms with van der Waals surface area (Å²) in [5.74, 6) is -1.81. The largest absolute Gasteiger partial charge is 0.481 e. The average molecular weight is 442 g/mol. The Hall–Kier alpha value is -3.79. The number of halogens is 2. The van der Waals surface area contributed by atoms with Crippen LogP contribution in [0.3, 0.4) is 0 Å². The number of hydrogen-bond donors (Lipinski definition) is 4. The third-order valence-electron chi connectivity index (χ3n) is 4.69. The molecule has 1 aromatic carbocycles. The van der Waals surface area contributed by atoms with Gasteiger partial charge in [-0.2, -0.15) is 0 Å². The second-order valence-corrected chi connectivity index (χ2v) is 7.28. The molecule has 0 saturated heterocycles. The fourth-order valence-corrected chi connectivity index (χ4v) is 3.16. The summed E-state index contributed by atoms with van der Waals surface area (Å²) in [6.07, 6.45) is 0. The number of methoxy groups -OCH3 is 1. The lowest BCUT2D eigenvalue weighted by atomic mass is 10.0. The maximum atomic E-state index is 14.8. The minimum absolute atomic E-state index is 0.0385. The van der Waals surface area contributed by atoms with Crippen LogP contribution in [0, 0.1) is 18.6 Å². The zero-order valence-electron chi connectivity index (χ0n) is 17.8. The number of aromatic nitrogens is 2. The van der Waals surface area contributed by atoms with Crippen LogP contribution in [0.25, 0.3) is 0 Å². The van der Waals surface area contributed by atoms with Crippen LogP contribution in [-0.4, -0.2) is 29.0 Å². The third-order valence-corrected chi connectivity index (χ3v) is 4.69. The zero-order valence-corrected chi connectivity index (χ0v) is 17.8. The molecule has 168 valence electrons. The number of benzene rings is 1. The molecule has 0 radical (unpaired) electrons. The first kappa shape index (κ1) is 22.9. The second-order valence-electron chi connectivity index (χ2n) is 7.28. The van der Waals surface area contributed by atoms with Crippen LogP contribution in [0.4, 0.5) is 26.1 Å². The summed E-state index contributed by atoms with van der Waals surface area (Å²) >= 11 is 0. The number of nitrogens with two attached hydrogens (primary N) is 2. The highest BCUT2D eigenvalue weighted by molar-refractivity contribution is 5.98. The summed E-state index contributed by atoms with van der Waals surface area (Å²) in [6.45, 7) is 3.49. The van der Waals surface area contributed by atoms with Gasteiger partial charge in [0, 0.05) is 23.5 Å². The summed E-state index contributed by atoms with van der Waals surface area (Å²) in [5, 5.41) is 5.91. The van der Waals surface area contributed by atoms with Crippen LogP contribution in [-0.2, 0) is 0 Å². The maximum Gasteiger partial charge on any atom is 0.252 e. The van der Waals surface area contributed by atoms with Gasteiger partial charge in [0.15, 0.2) is 11.6 Å². The Kier molecular flexibility index (Phi) is 6.84. The zero-order chi connectivity index (χ0) is 23.4. The third kappa shape index (κ3) is 5.27. The van der Waals surface area contributed by atoms with E-state index >= 15 is 0 Å². The first-order chi connectivity index (χ1) is 15.2. The topological polar surface area (TPSA) is 128 Å². The van der Waals surface area contributed by atoms with Crippen molar-refractivity contribution in [2.75, 3.05) is 17.7 Å². The van der Waals surface area contributed by atoms with Crippen molar-refractivity contribution in [3.8, 4) is 5.88 Å². The van der Waals surface area contributed by atoms with Crippen LogP contribution in [0.15, 0.2) is 42.5 Å². The molecular formula is C22H24F2N6O2. The highest BCUT2D eigenvalue weighted by atomic mass is 19.1. The van der Waals surface area contributed by atoms with Gasteiger partial charge in [-0.15, -0.1) is 0 Å². The van der Waals surface area contributed by atoms with Gasteiger partial charge in [0.25, 0.3) is 5.91 Å². The molecule has 2 heterocycles. The van der Waals surface area contributed by atoms with Gasteiger partial charge in [-0.1, -0.05) is 12.1 Å². The number of anilines is 3. The van der Waals surface area contributed by atoms with Crippen molar-refractivity contribution in [3.63, 3.8) is 0 Å². The van der Waals surface area contributed by atoms with E-state index in [1.807, 2.05) is 0 Å². The van der Waals surface area contributed by atoms with Crippen molar-refractivity contribution in [2.45, 2.75) is 25.9 Å². The molecule has 8 nitrogen and oxygen atoms in total. The van der Waals surface area contributed by atoms with E-state index in [-0.39, 0.29) is 17.2 Å². The monoisotopic (exact) mass is 442 g/mol. The van der Waals surface area contributed by atoms with Crippen LogP contribution in [0.2, 0.25) is 0 Å². The fraction of sp³-hybridized carbons (Fsp3) is 0.227. The molecule has 0 aliphatic heterocycles. The Morgan fingerprint density at radius 1 is 1.09 bits per heavy atom. The molecule has 10 heteroatoms. The van der Waals surface area contributed by atoms with Gasteiger partial charge >= 0.3 is 0 Å². The summed E-state index contributed by atoms with van der Waals surface area (Å²) in [4.78, 5) is 20.4. The van der Waals surface area contributed by atoms with E-state index in [4.69, 9.17) is 16.2 Å². The SMILES string of the molecule is COc1cc(Nc2nc(N[C@H](c3ccc(F)cc3)[C@H](C)N)c(F)cc2C(N)=O)cc(C)n1. The Labute approximate surface area is 184 Å². The molecule has 2 aromatic heterocycles. The molecule has 0 spiro atoms. The maximum absolute atomic E-state index is 14.8. The van der Waals surface area contributed by atoms with Crippen molar-refractivity contribution >= 4 is 23.2 Å². The van der Waals surface area contributed by atoms with E-state index in [0.29, 0.717) is 22.8 Å². The normalized spacial score (nSPS) is 12.7. The number of carbonyl (C=O) groups is 1. The number of pyridine rings is 2. The van der Waals surface area contributed by atoms with E-state index < -0.39 is 29.6 Å². The van der Waals surface area contributed by atoms with Gasteiger partial charge in [-0.3, -0.25) is 4.79 Å². The number of hydrogen-bond acceptors (Lipinski definition) is 7. The average Bonchev–Trinajstić information content (AvgIpc) is 2.73. The molecule has 0 bridgehead atoms. The van der Waals surface area contributed by atoms with Gasteiger partial charge in [0.05, 0.1) is 18.7 Å². The standard InChI is InChI=1S/C22H24F2N6O2/c1-11-8-15(9-18(27-11)32-3)28-21-16(20(26)31)10-17(24)22(30-21)29-19(12(2)25)13-4-6-14(23)7-5-13/h4-10,12,19H,25H2,1-3H3,(H2,26,31)(H2,27,28,29,30)/t12-,19-/m0/s1. The van der Waals surface area contributed by atoms with Crippen LogP contribution >= 0.6 is 0 Å². The van der Waals surface area contributed by atoms with Gasteiger partial charge in [-0.25, -0.2) is 18.7 Å². The van der Waals surface area contributed by atoms with Crippen LogP contribution in [0.1, 0.15) is 34.6 Å². The molecule has 0 aliphatic rings. The number of rotatable bonds is 8. The lowest BCUT2D eigenvalue weighted by Gasteiger charge is -2.24. The molecular weight excluding hydrogens is 418 g/mol. The predicted molar refractivity (Wildman–Crippen MR) is 118 cm³/mol. The summed E-state index contributed by atoms with van der Waals surface area (Å²) in [5.41, 5.74) is 13.2. The van der Waals surface area contributed by atoms with Crippen LogP contribution < -0.4 is 26.8 Å². The van der Waals surface area contributed by atoms with Crippen molar-refractivity contribution in [1.82, 2.24) is 9.97 Å². The summed E-state index contributed by atoms with van der Waals surface area (Å²) in [6, 6.07) is 8.93. The van der Waals surface area contributed by atoms with E-state index in [9.17, 15) is 13.6 Å². The van der Waals surface area contributed by atoms with Crippen molar-refractivity contribution < 1.29 is 18.3 Å². The minimum atomic E-state index is -0.856. The molecule has 0 fully saturated rings. The predicted octanol–water partition coefficient (Wildman–Crippen LogP) is 3.41. The highest BCUT2D eigenvalue weighted by Gasteiger charge is 2.22. The molecule has 2 atom stereocenters. The molecule has 1 amide bonds. The van der Waals surface area contributed by atoms with Crippen molar-refractivity contribution in [1.29, 1.82) is 0 Å². The van der Waals surface area contributed by atoms with Gasteiger partial charge in [0.1, 0.15) is 11.6 Å². The fourth-order valence-electron chi connectivity index (χ4n) is 3.16. The number of primary amides is 1. The lowest BCUT2D eigenvalue weighted by molar-refractivity contribution is 0.100. The number of nitrogens with one attached hydrogen (secondary N) is 2. The molecule has 3 rings (SSSR count). The Morgan fingerprint density at radius 2 is 1.78 bits per heavy atom. The Bertz CT molecular complexity index is 1120. The van der Waals surface area contributed by atoms with Crippen molar-refractivity contribution in [3.05, 3.63) is 70.9 Å². The number of nitrogens with zero attached hydrogens (tertiary/aromatic N) is 2. The Morgan fingerprint density at radius 3 is 2.38 bits per heavy atom. The molecule has 0 saturated carbocycles. The molecule has 32 heavy (non-hydrogen) atoms. The van der Waals surface area contributed by atoms with Gasteiger partial charge in [-0.05, 0) is 43.7 Å². The molecule has 3 aromatic rings. The number of amides is 1. The Balaban J connectivity index is 2.01. The second kappa shape index (κ2) is 9.56. The first-order valence-electron chi connectivity index (χ1n) is 9.75. The van der Waals surface area contributed by atoms with Crippen molar-refractivity contribution in [2.24, 2.45) is 11.5 Å². The number of carbonyl (C=O) groups excluding carboxylic acids is 1. The van der Waals surface area contributed by atoms with E-state index in [2.05, 4.69) is 20.6 Å². The van der Waals surface area contributed by atoms with Gasteiger partial charge < -0.3 is 26.8 Å². The van der Waals surface area contributed by atoms with Gasteiger partial charge in [0.2, 0.25) is 5.88 Å². The summed E-state index contributed by atoms with van der Waals surface area (Å²) in [7, 11) is 1.47. The number of ether oxygens (including phenoxy) is 1. The van der Waals surface area contributed by atoms with E-state index in [1.165, 1.54) is 19.2 Å². The minimum Gasteiger partial charge on any atom is -0.481 e. The van der Waals surface area contributed by atoms with E-state index in [0.717, 1.165) is 6.07 Å². The molecule has 6 N–H and O–H groups in total. The van der Waals surface area contributed by atoms with E-state index in [1.54, 1.807) is 38.1 Å². The number of aryl methyl sites for hydroxylation is 1. The lowest BCUT2D eigenvalue weighted by Crippen LogP contribution is -2.31.